The van der Waals surface area contributed by atoms with E-state index in [1.807, 2.05) is 60.0 Å². The summed E-state index contributed by atoms with van der Waals surface area (Å²) < 4.78 is 5.80. The van der Waals surface area contributed by atoms with Gasteiger partial charge in [-0.15, -0.1) is 11.3 Å². The molecular formula is C21H20N2O3S. The lowest BCUT2D eigenvalue weighted by Gasteiger charge is -2.14. The van der Waals surface area contributed by atoms with Crippen molar-refractivity contribution >= 4 is 23.2 Å². The molecule has 0 bridgehead atoms. The van der Waals surface area contributed by atoms with Gasteiger partial charge < -0.3 is 15.4 Å². The highest BCUT2D eigenvalue weighted by Crippen LogP contribution is 2.21. The van der Waals surface area contributed by atoms with Gasteiger partial charge in [0, 0.05) is 6.54 Å². The van der Waals surface area contributed by atoms with E-state index in [1.165, 1.54) is 11.3 Å². The Morgan fingerprint density at radius 1 is 1.00 bits per heavy atom. The van der Waals surface area contributed by atoms with Gasteiger partial charge in [-0.2, -0.15) is 0 Å². The van der Waals surface area contributed by atoms with Crippen LogP contribution < -0.4 is 15.4 Å². The fourth-order valence-electron chi connectivity index (χ4n) is 2.43. The minimum atomic E-state index is -0.622. The number of hydrogen-bond donors (Lipinski definition) is 2. The molecule has 3 aromatic rings. The van der Waals surface area contributed by atoms with Crippen LogP contribution in [-0.2, 0) is 11.3 Å². The summed E-state index contributed by atoms with van der Waals surface area (Å²) in [7, 11) is 0. The molecule has 0 fully saturated rings. The predicted octanol–water partition coefficient (Wildman–Crippen LogP) is 3.98. The van der Waals surface area contributed by atoms with Gasteiger partial charge in [0.15, 0.2) is 0 Å². The van der Waals surface area contributed by atoms with E-state index in [4.69, 9.17) is 4.74 Å². The van der Waals surface area contributed by atoms with Crippen molar-refractivity contribution in [2.45, 2.75) is 19.5 Å². The molecule has 0 aliphatic carbocycles. The molecule has 0 saturated carbocycles. The number of thiophene rings is 1. The second kappa shape index (κ2) is 9.00. The molecular weight excluding hydrogens is 360 g/mol. The van der Waals surface area contributed by atoms with Crippen molar-refractivity contribution in [1.29, 1.82) is 0 Å². The molecule has 0 radical (unpaired) electrons. The standard InChI is InChI=1S/C21H20N2O3S/c1-15(23-21(25)19-11-6-12-27-19)20(24)22-14-16-7-5-10-18(13-16)26-17-8-3-2-4-9-17/h2-13,15H,14H2,1H3,(H,22,24)(H,23,25). The highest BCUT2D eigenvalue weighted by molar-refractivity contribution is 7.12. The van der Waals surface area contributed by atoms with Crippen molar-refractivity contribution in [3.63, 3.8) is 0 Å². The maximum atomic E-state index is 12.2. The first kappa shape index (κ1) is 18.7. The third kappa shape index (κ3) is 5.43. The molecule has 2 amide bonds. The molecule has 1 heterocycles. The van der Waals surface area contributed by atoms with Crippen molar-refractivity contribution in [3.8, 4) is 11.5 Å². The quantitative estimate of drug-likeness (QED) is 0.652. The SMILES string of the molecule is CC(NC(=O)c1cccs1)C(=O)NCc1cccc(Oc2ccccc2)c1. The monoisotopic (exact) mass is 380 g/mol. The Hall–Kier alpha value is -3.12. The molecule has 1 unspecified atom stereocenters. The number of rotatable bonds is 7. The average Bonchev–Trinajstić information content (AvgIpc) is 3.22. The maximum Gasteiger partial charge on any atom is 0.261 e. The summed E-state index contributed by atoms with van der Waals surface area (Å²) in [5.41, 5.74) is 0.911. The first-order valence-corrected chi connectivity index (χ1v) is 9.44. The Morgan fingerprint density at radius 3 is 2.52 bits per heavy atom. The molecule has 0 aliphatic rings. The van der Waals surface area contributed by atoms with Crippen LogP contribution in [0.15, 0.2) is 72.1 Å². The van der Waals surface area contributed by atoms with E-state index >= 15 is 0 Å². The van der Waals surface area contributed by atoms with Crippen LogP contribution in [0.4, 0.5) is 0 Å². The number of carbonyl (C=O) groups excluding carboxylic acids is 2. The van der Waals surface area contributed by atoms with Crippen LogP contribution in [0.1, 0.15) is 22.2 Å². The van der Waals surface area contributed by atoms with E-state index in [0.717, 1.165) is 11.3 Å². The number of nitrogens with one attached hydrogen (secondary N) is 2. The second-order valence-corrected chi connectivity index (χ2v) is 6.90. The third-order valence-electron chi connectivity index (χ3n) is 3.83. The first-order valence-electron chi connectivity index (χ1n) is 8.56. The van der Waals surface area contributed by atoms with Gasteiger partial charge in [0.05, 0.1) is 4.88 Å². The average molecular weight is 380 g/mol. The molecule has 138 valence electrons. The van der Waals surface area contributed by atoms with Crippen LogP contribution in [0.5, 0.6) is 11.5 Å². The zero-order valence-corrected chi connectivity index (χ0v) is 15.7. The first-order chi connectivity index (χ1) is 13.1. The van der Waals surface area contributed by atoms with Gasteiger partial charge in [0.25, 0.3) is 5.91 Å². The molecule has 2 N–H and O–H groups in total. The van der Waals surface area contributed by atoms with Gasteiger partial charge in [-0.05, 0) is 48.2 Å². The fraction of sp³-hybridized carbons (Fsp3) is 0.143. The van der Waals surface area contributed by atoms with E-state index in [1.54, 1.807) is 19.1 Å². The van der Waals surface area contributed by atoms with Gasteiger partial charge in [-0.1, -0.05) is 36.4 Å². The third-order valence-corrected chi connectivity index (χ3v) is 4.70. The largest absolute Gasteiger partial charge is 0.457 e. The van der Waals surface area contributed by atoms with Crippen molar-refractivity contribution in [2.24, 2.45) is 0 Å². The number of amides is 2. The molecule has 6 heteroatoms. The molecule has 2 aromatic carbocycles. The maximum absolute atomic E-state index is 12.2. The van der Waals surface area contributed by atoms with Gasteiger partial charge >= 0.3 is 0 Å². The Balaban J connectivity index is 1.52. The summed E-state index contributed by atoms with van der Waals surface area (Å²) in [4.78, 5) is 24.8. The zero-order valence-electron chi connectivity index (χ0n) is 14.8. The summed E-state index contributed by atoms with van der Waals surface area (Å²) in [5, 5.41) is 7.36. The summed E-state index contributed by atoms with van der Waals surface area (Å²) in [6.07, 6.45) is 0. The van der Waals surface area contributed by atoms with Crippen LogP contribution >= 0.6 is 11.3 Å². The Labute approximate surface area is 162 Å². The van der Waals surface area contributed by atoms with E-state index in [2.05, 4.69) is 10.6 Å². The van der Waals surface area contributed by atoms with Crippen LogP contribution in [0.25, 0.3) is 0 Å². The number of hydrogen-bond acceptors (Lipinski definition) is 4. The van der Waals surface area contributed by atoms with Crippen LogP contribution in [0.2, 0.25) is 0 Å². The summed E-state index contributed by atoms with van der Waals surface area (Å²) in [6.45, 7) is 2.01. The van der Waals surface area contributed by atoms with Crippen LogP contribution in [0.3, 0.4) is 0 Å². The molecule has 1 aromatic heterocycles. The minimum absolute atomic E-state index is 0.241. The lowest BCUT2D eigenvalue weighted by Crippen LogP contribution is -2.44. The van der Waals surface area contributed by atoms with Gasteiger partial charge in [-0.25, -0.2) is 0 Å². The molecule has 0 aliphatic heterocycles. The summed E-state index contributed by atoms with van der Waals surface area (Å²) in [6, 6.07) is 19.9. The lowest BCUT2D eigenvalue weighted by molar-refractivity contribution is -0.122. The number of carbonyl (C=O) groups is 2. The second-order valence-electron chi connectivity index (χ2n) is 5.95. The molecule has 0 spiro atoms. The molecule has 27 heavy (non-hydrogen) atoms. The predicted molar refractivity (Wildman–Crippen MR) is 106 cm³/mol. The van der Waals surface area contributed by atoms with E-state index < -0.39 is 6.04 Å². The van der Waals surface area contributed by atoms with Gasteiger partial charge in [0.2, 0.25) is 5.91 Å². The highest BCUT2D eigenvalue weighted by atomic mass is 32.1. The van der Waals surface area contributed by atoms with E-state index in [9.17, 15) is 9.59 Å². The van der Waals surface area contributed by atoms with Gasteiger partial charge in [0.1, 0.15) is 17.5 Å². The Bertz CT molecular complexity index is 895. The zero-order chi connectivity index (χ0) is 19.1. The molecule has 0 saturated heterocycles. The van der Waals surface area contributed by atoms with E-state index in [0.29, 0.717) is 17.2 Å². The summed E-state index contributed by atoms with van der Waals surface area (Å²) >= 11 is 1.34. The topological polar surface area (TPSA) is 67.4 Å². The van der Waals surface area contributed by atoms with Gasteiger partial charge in [-0.3, -0.25) is 9.59 Å². The normalized spacial score (nSPS) is 11.4. The number of benzene rings is 2. The van der Waals surface area contributed by atoms with Crippen molar-refractivity contribution in [3.05, 3.63) is 82.6 Å². The lowest BCUT2D eigenvalue weighted by atomic mass is 10.2. The summed E-state index contributed by atoms with van der Waals surface area (Å²) in [5.74, 6) is 0.968. The van der Waals surface area contributed by atoms with Crippen molar-refractivity contribution in [1.82, 2.24) is 10.6 Å². The van der Waals surface area contributed by atoms with Crippen LogP contribution in [-0.4, -0.2) is 17.9 Å². The molecule has 5 nitrogen and oxygen atoms in total. The fourth-order valence-corrected chi connectivity index (χ4v) is 3.05. The van der Waals surface area contributed by atoms with Crippen LogP contribution in [0, 0.1) is 0 Å². The number of ether oxygens (including phenoxy) is 1. The Morgan fingerprint density at radius 2 is 1.78 bits per heavy atom. The minimum Gasteiger partial charge on any atom is -0.457 e. The van der Waals surface area contributed by atoms with E-state index in [-0.39, 0.29) is 11.8 Å². The smallest absolute Gasteiger partial charge is 0.261 e. The van der Waals surface area contributed by atoms with Crippen molar-refractivity contribution < 1.29 is 14.3 Å². The van der Waals surface area contributed by atoms with Crippen molar-refractivity contribution in [2.75, 3.05) is 0 Å². The molecule has 1 atom stereocenters. The Kier molecular flexibility index (Phi) is 6.22. The molecule has 3 rings (SSSR count). The highest BCUT2D eigenvalue weighted by Gasteiger charge is 2.16. The number of para-hydroxylation sites is 1.